The van der Waals surface area contributed by atoms with Gasteiger partial charge in [-0.1, -0.05) is 18.2 Å². The van der Waals surface area contributed by atoms with Crippen LogP contribution in [0.25, 0.3) is 0 Å². The van der Waals surface area contributed by atoms with Gasteiger partial charge in [-0.25, -0.2) is 4.39 Å². The zero-order valence-electron chi connectivity index (χ0n) is 13.4. The van der Waals surface area contributed by atoms with Crippen LogP contribution in [-0.2, 0) is 0 Å². The Bertz CT molecular complexity index is 594. The van der Waals surface area contributed by atoms with Crippen LogP contribution in [0.5, 0.6) is 17.2 Å². The summed E-state index contributed by atoms with van der Waals surface area (Å²) in [6.07, 6.45) is 0.712. The Morgan fingerprint density at radius 3 is 2.13 bits per heavy atom. The molecule has 0 saturated carbocycles. The van der Waals surface area contributed by atoms with E-state index in [1.807, 2.05) is 18.2 Å². The molecule has 0 spiro atoms. The van der Waals surface area contributed by atoms with E-state index in [1.165, 1.54) is 12.1 Å². The van der Waals surface area contributed by atoms with Crippen LogP contribution in [0.3, 0.4) is 0 Å². The Morgan fingerprint density at radius 1 is 1.00 bits per heavy atom. The van der Waals surface area contributed by atoms with E-state index in [2.05, 4.69) is 0 Å². The SMILES string of the molecule is COc1cccc(OC)c1OCCC(CN)c1ccc(F)cc1. The van der Waals surface area contributed by atoms with Gasteiger partial charge in [0, 0.05) is 0 Å². The van der Waals surface area contributed by atoms with Crippen molar-refractivity contribution >= 4 is 0 Å². The number of hydrogen-bond donors (Lipinski definition) is 1. The molecule has 0 aromatic heterocycles. The van der Waals surface area contributed by atoms with E-state index in [4.69, 9.17) is 19.9 Å². The van der Waals surface area contributed by atoms with Gasteiger partial charge in [0.1, 0.15) is 5.82 Å². The summed E-state index contributed by atoms with van der Waals surface area (Å²) >= 11 is 0. The van der Waals surface area contributed by atoms with Gasteiger partial charge in [-0.05, 0) is 48.7 Å². The molecule has 5 heteroatoms. The fourth-order valence-corrected chi connectivity index (χ4v) is 2.42. The number of rotatable bonds is 8. The van der Waals surface area contributed by atoms with Gasteiger partial charge in [0.15, 0.2) is 11.5 Å². The fraction of sp³-hybridized carbons (Fsp3) is 0.333. The maximum Gasteiger partial charge on any atom is 0.203 e. The van der Waals surface area contributed by atoms with Crippen molar-refractivity contribution in [2.75, 3.05) is 27.4 Å². The maximum absolute atomic E-state index is 13.0. The zero-order chi connectivity index (χ0) is 16.7. The first-order chi connectivity index (χ1) is 11.2. The molecule has 0 aliphatic rings. The van der Waals surface area contributed by atoms with Crippen molar-refractivity contribution < 1.29 is 18.6 Å². The molecule has 124 valence electrons. The smallest absolute Gasteiger partial charge is 0.203 e. The van der Waals surface area contributed by atoms with E-state index in [1.54, 1.807) is 26.4 Å². The van der Waals surface area contributed by atoms with Crippen LogP contribution in [0.4, 0.5) is 4.39 Å². The van der Waals surface area contributed by atoms with Gasteiger partial charge in [-0.3, -0.25) is 0 Å². The van der Waals surface area contributed by atoms with Gasteiger partial charge in [0.05, 0.1) is 20.8 Å². The number of nitrogens with two attached hydrogens (primary N) is 1. The highest BCUT2D eigenvalue weighted by Crippen LogP contribution is 2.37. The first-order valence-corrected chi connectivity index (χ1v) is 7.49. The lowest BCUT2D eigenvalue weighted by molar-refractivity contribution is 0.263. The quantitative estimate of drug-likeness (QED) is 0.810. The number of methoxy groups -OCH3 is 2. The van der Waals surface area contributed by atoms with Crippen molar-refractivity contribution in [2.45, 2.75) is 12.3 Å². The van der Waals surface area contributed by atoms with Crippen molar-refractivity contribution in [3.8, 4) is 17.2 Å². The van der Waals surface area contributed by atoms with Crippen LogP contribution >= 0.6 is 0 Å². The summed E-state index contributed by atoms with van der Waals surface area (Å²) < 4.78 is 29.5. The Balaban J connectivity index is 2.02. The van der Waals surface area contributed by atoms with E-state index in [9.17, 15) is 4.39 Å². The van der Waals surface area contributed by atoms with Gasteiger partial charge in [0.25, 0.3) is 0 Å². The zero-order valence-corrected chi connectivity index (χ0v) is 13.4. The molecule has 0 aliphatic heterocycles. The Kier molecular flexibility index (Phi) is 6.23. The molecular weight excluding hydrogens is 297 g/mol. The molecule has 0 aliphatic carbocycles. The van der Waals surface area contributed by atoms with Crippen molar-refractivity contribution in [3.63, 3.8) is 0 Å². The maximum atomic E-state index is 13.0. The first-order valence-electron chi connectivity index (χ1n) is 7.49. The third-order valence-corrected chi connectivity index (χ3v) is 3.72. The monoisotopic (exact) mass is 319 g/mol. The topological polar surface area (TPSA) is 53.7 Å². The highest BCUT2D eigenvalue weighted by atomic mass is 19.1. The number of ether oxygens (including phenoxy) is 3. The first kappa shape index (κ1) is 17.1. The Morgan fingerprint density at radius 2 is 1.61 bits per heavy atom. The van der Waals surface area contributed by atoms with Crippen molar-refractivity contribution in [3.05, 3.63) is 53.8 Å². The summed E-state index contributed by atoms with van der Waals surface area (Å²) in [4.78, 5) is 0. The van der Waals surface area contributed by atoms with Gasteiger partial charge in [-0.15, -0.1) is 0 Å². The summed E-state index contributed by atoms with van der Waals surface area (Å²) in [7, 11) is 3.17. The molecule has 1 atom stereocenters. The predicted octanol–water partition coefficient (Wildman–Crippen LogP) is 3.35. The van der Waals surface area contributed by atoms with Gasteiger partial charge in [-0.2, -0.15) is 0 Å². The lowest BCUT2D eigenvalue weighted by atomic mass is 9.96. The summed E-state index contributed by atoms with van der Waals surface area (Å²) in [6.45, 7) is 0.925. The third-order valence-electron chi connectivity index (χ3n) is 3.72. The van der Waals surface area contributed by atoms with E-state index < -0.39 is 0 Å². The van der Waals surface area contributed by atoms with Crippen LogP contribution in [0.1, 0.15) is 17.9 Å². The second-order valence-corrected chi connectivity index (χ2v) is 5.11. The average molecular weight is 319 g/mol. The molecule has 0 radical (unpaired) electrons. The molecule has 4 nitrogen and oxygen atoms in total. The van der Waals surface area contributed by atoms with Crippen LogP contribution in [-0.4, -0.2) is 27.4 Å². The van der Waals surface area contributed by atoms with Crippen molar-refractivity contribution in [2.24, 2.45) is 5.73 Å². The molecule has 0 heterocycles. The van der Waals surface area contributed by atoms with Gasteiger partial charge < -0.3 is 19.9 Å². The molecule has 2 aromatic rings. The second kappa shape index (κ2) is 8.39. The fourth-order valence-electron chi connectivity index (χ4n) is 2.42. The standard InChI is InChI=1S/C18H22FNO3/c1-21-16-4-3-5-17(22-2)18(16)23-11-10-14(12-20)13-6-8-15(19)9-7-13/h3-9,14H,10-12,20H2,1-2H3. The molecule has 2 N–H and O–H groups in total. The molecule has 0 saturated heterocycles. The largest absolute Gasteiger partial charge is 0.493 e. The number of hydrogen-bond acceptors (Lipinski definition) is 4. The predicted molar refractivity (Wildman–Crippen MR) is 87.9 cm³/mol. The summed E-state index contributed by atoms with van der Waals surface area (Å²) in [6, 6.07) is 11.9. The minimum atomic E-state index is -0.250. The van der Waals surface area contributed by atoms with E-state index in [0.29, 0.717) is 36.8 Å². The van der Waals surface area contributed by atoms with Gasteiger partial charge in [0.2, 0.25) is 5.75 Å². The average Bonchev–Trinajstić information content (AvgIpc) is 2.59. The number of para-hydroxylation sites is 1. The normalized spacial score (nSPS) is 11.8. The summed E-state index contributed by atoms with van der Waals surface area (Å²) in [5.74, 6) is 1.68. The minimum absolute atomic E-state index is 0.108. The molecule has 1 unspecified atom stereocenters. The number of halogens is 1. The lowest BCUT2D eigenvalue weighted by Gasteiger charge is -2.18. The molecule has 0 fully saturated rings. The van der Waals surface area contributed by atoms with Crippen molar-refractivity contribution in [1.29, 1.82) is 0 Å². The van der Waals surface area contributed by atoms with Crippen molar-refractivity contribution in [1.82, 2.24) is 0 Å². The molecule has 0 bridgehead atoms. The molecule has 2 aromatic carbocycles. The van der Waals surface area contributed by atoms with Crippen LogP contribution in [0.2, 0.25) is 0 Å². The second-order valence-electron chi connectivity index (χ2n) is 5.11. The minimum Gasteiger partial charge on any atom is -0.493 e. The lowest BCUT2D eigenvalue weighted by Crippen LogP contribution is -2.16. The highest BCUT2D eigenvalue weighted by Gasteiger charge is 2.14. The van der Waals surface area contributed by atoms with E-state index in [-0.39, 0.29) is 11.7 Å². The molecule has 2 rings (SSSR count). The molecular formula is C18H22FNO3. The summed E-state index contributed by atoms with van der Waals surface area (Å²) in [5.41, 5.74) is 6.84. The third kappa shape index (κ3) is 4.36. The molecule has 23 heavy (non-hydrogen) atoms. The summed E-state index contributed by atoms with van der Waals surface area (Å²) in [5, 5.41) is 0. The van der Waals surface area contributed by atoms with E-state index in [0.717, 1.165) is 5.56 Å². The Labute approximate surface area is 136 Å². The van der Waals surface area contributed by atoms with E-state index >= 15 is 0 Å². The Hall–Kier alpha value is -2.27. The van der Waals surface area contributed by atoms with Crippen LogP contribution in [0.15, 0.2) is 42.5 Å². The highest BCUT2D eigenvalue weighted by molar-refractivity contribution is 5.51. The van der Waals surface area contributed by atoms with Gasteiger partial charge >= 0.3 is 0 Å². The number of benzene rings is 2. The van der Waals surface area contributed by atoms with Crippen LogP contribution < -0.4 is 19.9 Å². The van der Waals surface area contributed by atoms with Crippen LogP contribution in [0, 0.1) is 5.82 Å². The molecule has 0 amide bonds.